The summed E-state index contributed by atoms with van der Waals surface area (Å²) in [6, 6.07) is 5.74. The Morgan fingerprint density at radius 3 is 2.85 bits per heavy atom. The lowest BCUT2D eigenvalue weighted by Crippen LogP contribution is -2.59. The summed E-state index contributed by atoms with van der Waals surface area (Å²) in [6.45, 7) is 15.2. The van der Waals surface area contributed by atoms with E-state index < -0.39 is 0 Å². The fourth-order valence-corrected chi connectivity index (χ4v) is 3.93. The maximum absolute atomic E-state index is 3.73. The van der Waals surface area contributed by atoms with Crippen LogP contribution >= 0.6 is 11.3 Å². The number of nitrogens with one attached hydrogen (secondary N) is 1. The van der Waals surface area contributed by atoms with Gasteiger partial charge in [0, 0.05) is 42.0 Å². The van der Waals surface area contributed by atoms with Crippen molar-refractivity contribution < 1.29 is 0 Å². The van der Waals surface area contributed by atoms with Crippen molar-refractivity contribution in [1.29, 1.82) is 0 Å². The Balaban J connectivity index is 2.03. The topological polar surface area (TPSA) is 15.3 Å². The molecule has 20 heavy (non-hydrogen) atoms. The standard InChI is InChI=1S/C17H30N2S/c1-6-13(2)15-11-19(14(3)10-18-15)12-17(4,5)16-8-7-9-20-16/h7-9,13-15,18H,6,10-12H2,1-5H3. The molecule has 2 rings (SSSR count). The molecule has 1 fully saturated rings. The Morgan fingerprint density at radius 1 is 1.50 bits per heavy atom. The number of piperazine rings is 1. The summed E-state index contributed by atoms with van der Waals surface area (Å²) in [7, 11) is 0. The molecule has 3 atom stereocenters. The molecule has 0 bridgehead atoms. The van der Waals surface area contributed by atoms with Crippen LogP contribution in [-0.2, 0) is 5.41 Å². The summed E-state index contributed by atoms with van der Waals surface area (Å²) in [6.07, 6.45) is 1.26. The van der Waals surface area contributed by atoms with E-state index in [4.69, 9.17) is 0 Å². The smallest absolute Gasteiger partial charge is 0.0221 e. The van der Waals surface area contributed by atoms with E-state index in [1.165, 1.54) is 17.8 Å². The Labute approximate surface area is 128 Å². The zero-order chi connectivity index (χ0) is 14.8. The van der Waals surface area contributed by atoms with Gasteiger partial charge in [-0.3, -0.25) is 4.90 Å². The van der Waals surface area contributed by atoms with Crippen molar-refractivity contribution in [2.75, 3.05) is 19.6 Å². The molecule has 1 aromatic heterocycles. The zero-order valence-electron chi connectivity index (χ0n) is 13.6. The van der Waals surface area contributed by atoms with Crippen molar-refractivity contribution >= 4 is 11.3 Å². The number of hydrogen-bond acceptors (Lipinski definition) is 3. The second kappa shape index (κ2) is 6.59. The van der Waals surface area contributed by atoms with Gasteiger partial charge in [0.05, 0.1) is 0 Å². The fraction of sp³-hybridized carbons (Fsp3) is 0.765. The lowest BCUT2D eigenvalue weighted by molar-refractivity contribution is 0.0986. The van der Waals surface area contributed by atoms with Gasteiger partial charge in [-0.1, -0.05) is 40.2 Å². The highest BCUT2D eigenvalue weighted by Crippen LogP contribution is 2.30. The molecule has 1 N–H and O–H groups in total. The van der Waals surface area contributed by atoms with Gasteiger partial charge in [0.1, 0.15) is 0 Å². The quantitative estimate of drug-likeness (QED) is 0.890. The van der Waals surface area contributed by atoms with E-state index in [-0.39, 0.29) is 5.41 Å². The normalized spacial score (nSPS) is 26.6. The van der Waals surface area contributed by atoms with Crippen molar-refractivity contribution in [2.45, 2.75) is 58.5 Å². The predicted octanol–water partition coefficient (Wildman–Crippen LogP) is 3.73. The van der Waals surface area contributed by atoms with Crippen LogP contribution in [0.15, 0.2) is 17.5 Å². The van der Waals surface area contributed by atoms with E-state index in [1.54, 1.807) is 0 Å². The molecule has 3 unspecified atom stereocenters. The Bertz CT molecular complexity index is 399. The van der Waals surface area contributed by atoms with Crippen LogP contribution in [0.25, 0.3) is 0 Å². The molecule has 0 saturated carbocycles. The molecule has 0 radical (unpaired) electrons. The van der Waals surface area contributed by atoms with Crippen molar-refractivity contribution in [3.63, 3.8) is 0 Å². The second-order valence-corrected chi connectivity index (χ2v) is 7.99. The molecule has 0 amide bonds. The van der Waals surface area contributed by atoms with Crippen LogP contribution in [0.4, 0.5) is 0 Å². The van der Waals surface area contributed by atoms with Crippen molar-refractivity contribution in [1.82, 2.24) is 10.2 Å². The van der Waals surface area contributed by atoms with Crippen molar-refractivity contribution in [2.24, 2.45) is 5.92 Å². The van der Waals surface area contributed by atoms with Gasteiger partial charge in [-0.05, 0) is 24.3 Å². The summed E-state index contributed by atoms with van der Waals surface area (Å²) in [5.41, 5.74) is 0.250. The van der Waals surface area contributed by atoms with E-state index in [9.17, 15) is 0 Å². The maximum Gasteiger partial charge on any atom is 0.0221 e. The molecule has 114 valence electrons. The minimum absolute atomic E-state index is 0.250. The SMILES string of the molecule is CCC(C)C1CN(CC(C)(C)c2cccs2)C(C)CN1. The van der Waals surface area contributed by atoms with Crippen LogP contribution < -0.4 is 5.32 Å². The van der Waals surface area contributed by atoms with Crippen LogP contribution in [0.3, 0.4) is 0 Å². The van der Waals surface area contributed by atoms with E-state index in [2.05, 4.69) is 62.3 Å². The lowest BCUT2D eigenvalue weighted by atomic mass is 9.88. The van der Waals surface area contributed by atoms with E-state index in [0.717, 1.165) is 19.0 Å². The second-order valence-electron chi connectivity index (χ2n) is 7.04. The molecule has 1 saturated heterocycles. The average molecular weight is 295 g/mol. The van der Waals surface area contributed by atoms with Crippen LogP contribution in [0.1, 0.15) is 45.9 Å². The van der Waals surface area contributed by atoms with Gasteiger partial charge in [-0.15, -0.1) is 11.3 Å². The maximum atomic E-state index is 3.73. The van der Waals surface area contributed by atoms with Gasteiger partial charge in [-0.25, -0.2) is 0 Å². The van der Waals surface area contributed by atoms with Gasteiger partial charge < -0.3 is 5.32 Å². The molecule has 0 spiro atoms. The fourth-order valence-electron chi connectivity index (χ4n) is 3.08. The Morgan fingerprint density at radius 2 is 2.25 bits per heavy atom. The van der Waals surface area contributed by atoms with Crippen molar-refractivity contribution in [3.8, 4) is 0 Å². The monoisotopic (exact) mass is 294 g/mol. The van der Waals surface area contributed by atoms with Crippen LogP contribution in [0.2, 0.25) is 0 Å². The highest BCUT2D eigenvalue weighted by atomic mass is 32.1. The summed E-state index contributed by atoms with van der Waals surface area (Å²) < 4.78 is 0. The molecule has 0 aliphatic carbocycles. The third-order valence-electron chi connectivity index (χ3n) is 4.85. The molecule has 2 heterocycles. The Hall–Kier alpha value is -0.380. The van der Waals surface area contributed by atoms with E-state index in [0.29, 0.717) is 12.1 Å². The Kier molecular flexibility index (Phi) is 5.27. The summed E-state index contributed by atoms with van der Waals surface area (Å²) in [4.78, 5) is 4.19. The highest BCUT2D eigenvalue weighted by Gasteiger charge is 2.32. The first-order chi connectivity index (χ1) is 9.44. The number of nitrogens with zero attached hydrogens (tertiary/aromatic N) is 1. The first-order valence-electron chi connectivity index (χ1n) is 7.95. The van der Waals surface area contributed by atoms with Gasteiger partial charge in [0.15, 0.2) is 0 Å². The van der Waals surface area contributed by atoms with Crippen LogP contribution in [0.5, 0.6) is 0 Å². The first-order valence-corrected chi connectivity index (χ1v) is 8.83. The summed E-state index contributed by atoms with van der Waals surface area (Å²) >= 11 is 1.89. The summed E-state index contributed by atoms with van der Waals surface area (Å²) in [5.74, 6) is 0.759. The lowest BCUT2D eigenvalue weighted by Gasteiger charge is -2.44. The van der Waals surface area contributed by atoms with E-state index >= 15 is 0 Å². The predicted molar refractivity (Wildman–Crippen MR) is 89.6 cm³/mol. The zero-order valence-corrected chi connectivity index (χ0v) is 14.5. The number of rotatable bonds is 5. The molecular formula is C17H30N2S. The highest BCUT2D eigenvalue weighted by molar-refractivity contribution is 7.10. The third-order valence-corrected chi connectivity index (χ3v) is 6.08. The number of thiophene rings is 1. The molecule has 1 aliphatic heterocycles. The van der Waals surface area contributed by atoms with E-state index in [1.807, 2.05) is 11.3 Å². The minimum Gasteiger partial charge on any atom is -0.311 e. The largest absolute Gasteiger partial charge is 0.311 e. The third kappa shape index (κ3) is 3.63. The molecule has 1 aromatic rings. The van der Waals surface area contributed by atoms with Gasteiger partial charge in [0.25, 0.3) is 0 Å². The van der Waals surface area contributed by atoms with Crippen LogP contribution in [0, 0.1) is 5.92 Å². The molecule has 0 aromatic carbocycles. The molecule has 3 heteroatoms. The molecular weight excluding hydrogens is 264 g/mol. The van der Waals surface area contributed by atoms with Gasteiger partial charge in [-0.2, -0.15) is 0 Å². The molecule has 2 nitrogen and oxygen atoms in total. The van der Waals surface area contributed by atoms with Crippen LogP contribution in [-0.4, -0.2) is 36.6 Å². The van der Waals surface area contributed by atoms with Gasteiger partial charge in [0.2, 0.25) is 0 Å². The minimum atomic E-state index is 0.250. The molecule has 1 aliphatic rings. The van der Waals surface area contributed by atoms with Crippen molar-refractivity contribution in [3.05, 3.63) is 22.4 Å². The summed E-state index contributed by atoms with van der Waals surface area (Å²) in [5, 5.41) is 5.93. The average Bonchev–Trinajstić information content (AvgIpc) is 2.95. The first kappa shape index (κ1) is 16.0. The number of hydrogen-bond donors (Lipinski definition) is 1. The van der Waals surface area contributed by atoms with Gasteiger partial charge >= 0.3 is 0 Å².